The molecule has 0 radical (unpaired) electrons. The van der Waals surface area contributed by atoms with E-state index in [-0.39, 0.29) is 5.91 Å². The van der Waals surface area contributed by atoms with Gasteiger partial charge in [-0.2, -0.15) is 0 Å². The number of hydrogen-bond donors (Lipinski definition) is 0. The number of benzene rings is 1. The molecular weight excluding hydrogens is 376 g/mol. The van der Waals surface area contributed by atoms with Gasteiger partial charge < -0.3 is 0 Å². The predicted molar refractivity (Wildman–Crippen MR) is 112 cm³/mol. The van der Waals surface area contributed by atoms with Crippen molar-refractivity contribution < 1.29 is 4.79 Å². The summed E-state index contributed by atoms with van der Waals surface area (Å²) in [5, 5.41) is 5.44. The average Bonchev–Trinajstić information content (AvgIpc) is 3.47. The summed E-state index contributed by atoms with van der Waals surface area (Å²) >= 11 is 6.98. The lowest BCUT2D eigenvalue weighted by atomic mass is 10.00. The van der Waals surface area contributed by atoms with Gasteiger partial charge in [-0.3, -0.25) is 14.6 Å². The fourth-order valence-electron chi connectivity index (χ4n) is 3.40. The quantitative estimate of drug-likeness (QED) is 0.677. The van der Waals surface area contributed by atoms with E-state index in [1.165, 1.54) is 22.5 Å². The number of hydrogen-bond acceptors (Lipinski definition) is 5. The molecule has 0 bridgehead atoms. The minimum absolute atomic E-state index is 0.141. The lowest BCUT2D eigenvalue weighted by Crippen LogP contribution is -2.33. The van der Waals surface area contributed by atoms with Gasteiger partial charge in [-0.15, -0.1) is 5.10 Å². The molecule has 2 heterocycles. The van der Waals surface area contributed by atoms with Crippen LogP contribution in [0, 0.1) is 3.95 Å². The smallest absolute Gasteiger partial charge is 0.228 e. The number of rotatable bonds is 6. The molecule has 5 nitrogen and oxygen atoms in total. The molecular formula is C20H24N4OS2. The van der Waals surface area contributed by atoms with Gasteiger partial charge in [0.25, 0.3) is 0 Å². The molecule has 1 saturated carbocycles. The van der Waals surface area contributed by atoms with Crippen molar-refractivity contribution in [1.29, 1.82) is 0 Å². The monoisotopic (exact) mass is 400 g/mol. The van der Waals surface area contributed by atoms with Gasteiger partial charge in [0.2, 0.25) is 11.0 Å². The van der Waals surface area contributed by atoms with Gasteiger partial charge in [0.15, 0.2) is 3.95 Å². The van der Waals surface area contributed by atoms with E-state index in [4.69, 9.17) is 12.2 Å². The SMILES string of the molecule is CCC(=O)N(c1nn(CN2CC=C(c3ccccc3)CC2)c(=S)s1)C1CC1. The van der Waals surface area contributed by atoms with Gasteiger partial charge >= 0.3 is 0 Å². The Morgan fingerprint density at radius 2 is 2.11 bits per heavy atom. The maximum absolute atomic E-state index is 12.3. The topological polar surface area (TPSA) is 41.4 Å². The van der Waals surface area contributed by atoms with Crippen LogP contribution in [-0.2, 0) is 11.5 Å². The average molecular weight is 401 g/mol. The maximum atomic E-state index is 12.3. The minimum Gasteiger partial charge on any atom is -0.284 e. The highest BCUT2D eigenvalue weighted by molar-refractivity contribution is 7.73. The molecule has 7 heteroatoms. The molecule has 4 rings (SSSR count). The molecule has 1 amide bonds. The Hall–Kier alpha value is -1.83. The number of aromatic nitrogens is 2. The van der Waals surface area contributed by atoms with E-state index in [0.717, 1.165) is 41.4 Å². The van der Waals surface area contributed by atoms with Crippen LogP contribution in [0.1, 0.15) is 38.2 Å². The van der Waals surface area contributed by atoms with E-state index in [9.17, 15) is 4.79 Å². The van der Waals surface area contributed by atoms with E-state index in [1.54, 1.807) is 0 Å². The van der Waals surface area contributed by atoms with E-state index in [2.05, 4.69) is 46.4 Å². The highest BCUT2D eigenvalue weighted by Crippen LogP contribution is 2.34. The summed E-state index contributed by atoms with van der Waals surface area (Å²) in [6.45, 7) is 4.44. The van der Waals surface area contributed by atoms with Crippen molar-refractivity contribution in [2.45, 2.75) is 45.3 Å². The molecule has 1 fully saturated rings. The van der Waals surface area contributed by atoms with Gasteiger partial charge in [-0.25, -0.2) is 4.68 Å². The van der Waals surface area contributed by atoms with E-state index in [0.29, 0.717) is 19.1 Å². The second-order valence-electron chi connectivity index (χ2n) is 7.06. The van der Waals surface area contributed by atoms with Crippen LogP contribution in [0.25, 0.3) is 5.57 Å². The third kappa shape index (κ3) is 4.20. The largest absolute Gasteiger partial charge is 0.284 e. The molecule has 27 heavy (non-hydrogen) atoms. The summed E-state index contributed by atoms with van der Waals surface area (Å²) < 4.78 is 2.60. The second kappa shape index (κ2) is 8.04. The Bertz CT molecular complexity index is 898. The molecule has 0 spiro atoms. The van der Waals surface area contributed by atoms with Crippen LogP contribution in [0.2, 0.25) is 0 Å². The number of carbonyl (C=O) groups excluding carboxylic acids is 1. The Morgan fingerprint density at radius 1 is 1.33 bits per heavy atom. The first-order chi connectivity index (χ1) is 13.2. The molecule has 0 unspecified atom stereocenters. The van der Waals surface area contributed by atoms with Crippen molar-refractivity contribution in [2.24, 2.45) is 0 Å². The second-order valence-corrected chi connectivity index (χ2v) is 8.66. The predicted octanol–water partition coefficient (Wildman–Crippen LogP) is 4.33. The molecule has 0 saturated heterocycles. The molecule has 1 aliphatic carbocycles. The van der Waals surface area contributed by atoms with Crippen LogP contribution >= 0.6 is 23.6 Å². The highest BCUT2D eigenvalue weighted by atomic mass is 32.1. The van der Waals surface area contributed by atoms with E-state index < -0.39 is 0 Å². The lowest BCUT2D eigenvalue weighted by molar-refractivity contribution is -0.118. The summed E-state index contributed by atoms with van der Waals surface area (Å²) in [4.78, 5) is 16.5. The van der Waals surface area contributed by atoms with Crippen LogP contribution in [0.15, 0.2) is 36.4 Å². The maximum Gasteiger partial charge on any atom is 0.228 e. The minimum atomic E-state index is 0.141. The number of carbonyl (C=O) groups is 1. The Kier molecular flexibility index (Phi) is 5.52. The van der Waals surface area contributed by atoms with Crippen molar-refractivity contribution in [3.05, 3.63) is 45.9 Å². The number of amides is 1. The standard InChI is InChI=1S/C20H24N4OS2/c1-2-18(25)24(17-8-9-17)19-21-23(20(26)27-19)14-22-12-10-16(11-13-22)15-6-4-3-5-7-15/h3-7,10,17H,2,8-9,11-14H2,1H3. The molecule has 0 N–H and O–H groups in total. The summed E-state index contributed by atoms with van der Waals surface area (Å²) in [6.07, 6.45) is 5.96. The Labute approximate surface area is 168 Å². The van der Waals surface area contributed by atoms with Gasteiger partial charge in [-0.05, 0) is 42.6 Å². The van der Waals surface area contributed by atoms with Crippen LogP contribution in [0.4, 0.5) is 5.13 Å². The Balaban J connectivity index is 1.45. The van der Waals surface area contributed by atoms with E-state index >= 15 is 0 Å². The highest BCUT2D eigenvalue weighted by Gasteiger charge is 2.35. The van der Waals surface area contributed by atoms with Crippen LogP contribution in [0.5, 0.6) is 0 Å². The zero-order valence-corrected chi connectivity index (χ0v) is 17.1. The van der Waals surface area contributed by atoms with Gasteiger partial charge in [0, 0.05) is 25.6 Å². The van der Waals surface area contributed by atoms with Crippen LogP contribution in [-0.4, -0.2) is 39.7 Å². The normalized spacial score (nSPS) is 17.6. The molecule has 2 aliphatic rings. The van der Waals surface area contributed by atoms with Crippen molar-refractivity contribution in [2.75, 3.05) is 18.0 Å². The zero-order valence-electron chi connectivity index (χ0n) is 15.5. The summed E-state index contributed by atoms with van der Waals surface area (Å²) in [5.41, 5.74) is 2.71. The van der Waals surface area contributed by atoms with Crippen LogP contribution < -0.4 is 4.90 Å². The summed E-state index contributed by atoms with van der Waals surface area (Å²) in [7, 11) is 0. The van der Waals surface area contributed by atoms with Gasteiger partial charge in [-0.1, -0.05) is 54.7 Å². The molecule has 1 aromatic carbocycles. The zero-order chi connectivity index (χ0) is 18.8. The molecule has 1 aromatic heterocycles. The molecule has 1 aliphatic heterocycles. The van der Waals surface area contributed by atoms with Gasteiger partial charge in [0.05, 0.1) is 6.67 Å². The Morgan fingerprint density at radius 3 is 2.74 bits per heavy atom. The summed E-state index contributed by atoms with van der Waals surface area (Å²) in [5.74, 6) is 0.141. The first-order valence-electron chi connectivity index (χ1n) is 9.52. The molecule has 2 aromatic rings. The van der Waals surface area contributed by atoms with Crippen molar-refractivity contribution in [1.82, 2.24) is 14.7 Å². The fraction of sp³-hybridized carbons (Fsp3) is 0.450. The molecule has 142 valence electrons. The third-order valence-electron chi connectivity index (χ3n) is 5.06. The first kappa shape index (κ1) is 18.5. The van der Waals surface area contributed by atoms with Crippen molar-refractivity contribution in [3.63, 3.8) is 0 Å². The number of nitrogens with zero attached hydrogens (tertiary/aromatic N) is 4. The third-order valence-corrected chi connectivity index (χ3v) is 6.36. The number of anilines is 1. The van der Waals surface area contributed by atoms with E-state index in [1.807, 2.05) is 16.5 Å². The first-order valence-corrected chi connectivity index (χ1v) is 10.7. The fourth-order valence-corrected chi connectivity index (χ4v) is 4.57. The summed E-state index contributed by atoms with van der Waals surface area (Å²) in [6, 6.07) is 10.9. The molecule has 0 atom stereocenters. The van der Waals surface area contributed by atoms with Crippen molar-refractivity contribution >= 4 is 40.2 Å². The van der Waals surface area contributed by atoms with Gasteiger partial charge in [0.1, 0.15) is 0 Å². The van der Waals surface area contributed by atoms with Crippen molar-refractivity contribution in [3.8, 4) is 0 Å². The van der Waals surface area contributed by atoms with Crippen LogP contribution in [0.3, 0.4) is 0 Å². The lowest BCUT2D eigenvalue weighted by Gasteiger charge is -2.26.